The molecule has 0 aliphatic rings. The number of halogens is 1. The summed E-state index contributed by atoms with van der Waals surface area (Å²) in [6.07, 6.45) is 0. The minimum Gasteiger partial charge on any atom is -0.344 e. The molecule has 1 heterocycles. The van der Waals surface area contributed by atoms with E-state index in [1.807, 2.05) is 44.2 Å². The fourth-order valence-corrected chi connectivity index (χ4v) is 2.73. The van der Waals surface area contributed by atoms with Gasteiger partial charge in [0.2, 0.25) is 0 Å². The Morgan fingerprint density at radius 2 is 1.92 bits per heavy atom. The molecule has 1 amide bonds. The third-order valence-corrected chi connectivity index (χ3v) is 4.08. The monoisotopic (exact) mass is 337 g/mol. The highest BCUT2D eigenvalue weighted by Gasteiger charge is 2.18. The van der Waals surface area contributed by atoms with Crippen LogP contribution < -0.4 is 5.32 Å². The van der Waals surface area contributed by atoms with Gasteiger partial charge in [-0.15, -0.1) is 0 Å². The van der Waals surface area contributed by atoms with E-state index < -0.39 is 0 Å². The van der Waals surface area contributed by atoms with Crippen LogP contribution in [0, 0.1) is 5.82 Å². The number of rotatable bonds is 5. The Kier molecular flexibility index (Phi) is 4.93. The molecule has 0 radical (unpaired) electrons. The van der Waals surface area contributed by atoms with Crippen LogP contribution in [0.4, 0.5) is 4.39 Å². The van der Waals surface area contributed by atoms with E-state index in [0.717, 1.165) is 5.56 Å². The molecule has 1 aromatic heterocycles. The van der Waals surface area contributed by atoms with Gasteiger partial charge >= 0.3 is 0 Å². The number of hydrogen-bond acceptors (Lipinski definition) is 2. The van der Waals surface area contributed by atoms with E-state index >= 15 is 0 Å². The molecular formula is C20H20FN3O. The number of benzene rings is 2. The summed E-state index contributed by atoms with van der Waals surface area (Å²) in [5, 5.41) is 7.42. The number of carbonyl (C=O) groups excluding carboxylic acids is 1. The van der Waals surface area contributed by atoms with Crippen molar-refractivity contribution in [2.24, 2.45) is 0 Å². The Morgan fingerprint density at radius 1 is 1.16 bits per heavy atom. The average molecular weight is 337 g/mol. The second-order valence-corrected chi connectivity index (χ2v) is 5.85. The maximum Gasteiger partial charge on any atom is 0.270 e. The lowest BCUT2D eigenvalue weighted by atomic mass is 10.1. The van der Waals surface area contributed by atoms with E-state index in [-0.39, 0.29) is 17.8 Å². The zero-order valence-corrected chi connectivity index (χ0v) is 14.2. The molecule has 0 aliphatic carbocycles. The standard InChI is InChI=1S/C20H20FN3O/c1-3-24-19(13-18(23-24)16-10-7-11-17(21)12-16)20(25)22-14(2)15-8-5-4-6-9-15/h4-14H,3H2,1-2H3,(H,22,25)/t14-/m0/s1. The average Bonchev–Trinajstić information content (AvgIpc) is 3.07. The van der Waals surface area contributed by atoms with E-state index in [4.69, 9.17) is 0 Å². The summed E-state index contributed by atoms with van der Waals surface area (Å²) in [7, 11) is 0. The lowest BCUT2D eigenvalue weighted by Gasteiger charge is -2.14. The van der Waals surface area contributed by atoms with Crippen LogP contribution in [-0.4, -0.2) is 15.7 Å². The number of nitrogens with zero attached hydrogens (tertiary/aromatic N) is 2. The van der Waals surface area contributed by atoms with Crippen molar-refractivity contribution in [1.82, 2.24) is 15.1 Å². The van der Waals surface area contributed by atoms with E-state index in [2.05, 4.69) is 10.4 Å². The van der Waals surface area contributed by atoms with Crippen molar-refractivity contribution in [2.45, 2.75) is 26.4 Å². The van der Waals surface area contributed by atoms with Crippen LogP contribution >= 0.6 is 0 Å². The van der Waals surface area contributed by atoms with Gasteiger partial charge in [0.05, 0.1) is 11.7 Å². The number of nitrogens with one attached hydrogen (secondary N) is 1. The Labute approximate surface area is 146 Å². The maximum absolute atomic E-state index is 13.4. The van der Waals surface area contributed by atoms with Gasteiger partial charge in [-0.25, -0.2) is 4.39 Å². The summed E-state index contributed by atoms with van der Waals surface area (Å²) in [5.41, 5.74) is 2.73. The van der Waals surface area contributed by atoms with Crippen molar-refractivity contribution in [3.05, 3.63) is 77.7 Å². The second kappa shape index (κ2) is 7.30. The number of aromatic nitrogens is 2. The fraction of sp³-hybridized carbons (Fsp3) is 0.200. The molecule has 4 nitrogen and oxygen atoms in total. The number of aryl methyl sites for hydroxylation is 1. The first kappa shape index (κ1) is 16.9. The van der Waals surface area contributed by atoms with Gasteiger partial charge in [-0.05, 0) is 37.6 Å². The first-order chi connectivity index (χ1) is 12.1. The predicted octanol–water partition coefficient (Wildman–Crippen LogP) is 4.20. The molecule has 0 unspecified atom stereocenters. The number of carbonyl (C=O) groups is 1. The van der Waals surface area contributed by atoms with Gasteiger partial charge in [0.15, 0.2) is 0 Å². The molecule has 2 aromatic carbocycles. The van der Waals surface area contributed by atoms with Crippen LogP contribution in [0.1, 0.15) is 35.9 Å². The highest BCUT2D eigenvalue weighted by Crippen LogP contribution is 2.21. The molecule has 0 bridgehead atoms. The van der Waals surface area contributed by atoms with Crippen LogP contribution in [0.5, 0.6) is 0 Å². The lowest BCUT2D eigenvalue weighted by molar-refractivity contribution is 0.0929. The molecule has 0 spiro atoms. The smallest absolute Gasteiger partial charge is 0.270 e. The first-order valence-corrected chi connectivity index (χ1v) is 8.28. The van der Waals surface area contributed by atoms with Crippen molar-refractivity contribution in [2.75, 3.05) is 0 Å². The lowest BCUT2D eigenvalue weighted by Crippen LogP contribution is -2.28. The van der Waals surface area contributed by atoms with Crippen LogP contribution in [0.15, 0.2) is 60.7 Å². The fourth-order valence-electron chi connectivity index (χ4n) is 2.73. The van der Waals surface area contributed by atoms with Gasteiger partial charge in [-0.3, -0.25) is 9.48 Å². The molecule has 3 rings (SSSR count). The second-order valence-electron chi connectivity index (χ2n) is 5.85. The molecule has 0 aliphatic heterocycles. The Balaban J connectivity index is 1.85. The minimum atomic E-state index is -0.327. The van der Waals surface area contributed by atoms with Crippen molar-refractivity contribution in [1.29, 1.82) is 0 Å². The van der Waals surface area contributed by atoms with Crippen LogP contribution in [0.25, 0.3) is 11.3 Å². The van der Waals surface area contributed by atoms with Gasteiger partial charge in [-0.1, -0.05) is 42.5 Å². The predicted molar refractivity (Wildman–Crippen MR) is 95.6 cm³/mol. The van der Waals surface area contributed by atoms with Gasteiger partial charge in [0, 0.05) is 12.1 Å². The maximum atomic E-state index is 13.4. The summed E-state index contributed by atoms with van der Waals surface area (Å²) < 4.78 is 15.1. The molecule has 5 heteroatoms. The normalized spacial score (nSPS) is 12.0. The Hall–Kier alpha value is -2.95. The van der Waals surface area contributed by atoms with Crippen molar-refractivity contribution >= 4 is 5.91 Å². The van der Waals surface area contributed by atoms with Crippen molar-refractivity contribution in [3.8, 4) is 11.3 Å². The largest absolute Gasteiger partial charge is 0.344 e. The van der Waals surface area contributed by atoms with E-state index in [0.29, 0.717) is 23.5 Å². The molecule has 3 aromatic rings. The molecule has 0 saturated carbocycles. The Bertz CT molecular complexity index is 874. The highest BCUT2D eigenvalue weighted by atomic mass is 19.1. The van der Waals surface area contributed by atoms with Gasteiger partial charge in [-0.2, -0.15) is 5.10 Å². The van der Waals surface area contributed by atoms with E-state index in [1.54, 1.807) is 22.9 Å². The van der Waals surface area contributed by atoms with E-state index in [1.165, 1.54) is 12.1 Å². The van der Waals surface area contributed by atoms with Crippen LogP contribution in [-0.2, 0) is 6.54 Å². The van der Waals surface area contributed by atoms with E-state index in [9.17, 15) is 9.18 Å². The number of amides is 1. The topological polar surface area (TPSA) is 46.9 Å². The van der Waals surface area contributed by atoms with Crippen molar-refractivity contribution < 1.29 is 9.18 Å². The molecular weight excluding hydrogens is 317 g/mol. The molecule has 0 saturated heterocycles. The molecule has 1 N–H and O–H groups in total. The van der Waals surface area contributed by atoms with Crippen molar-refractivity contribution in [3.63, 3.8) is 0 Å². The molecule has 128 valence electrons. The summed E-state index contributed by atoms with van der Waals surface area (Å²) in [6, 6.07) is 17.6. The summed E-state index contributed by atoms with van der Waals surface area (Å²) in [4.78, 5) is 12.7. The summed E-state index contributed by atoms with van der Waals surface area (Å²) in [6.45, 7) is 4.41. The highest BCUT2D eigenvalue weighted by molar-refractivity contribution is 5.94. The van der Waals surface area contributed by atoms with Gasteiger partial charge in [0.1, 0.15) is 11.5 Å². The summed E-state index contributed by atoms with van der Waals surface area (Å²) in [5.74, 6) is -0.527. The minimum absolute atomic E-state index is 0.119. The van der Waals surface area contributed by atoms with Crippen LogP contribution in [0.2, 0.25) is 0 Å². The third kappa shape index (κ3) is 3.76. The number of hydrogen-bond donors (Lipinski definition) is 1. The van der Waals surface area contributed by atoms with Gasteiger partial charge in [0.25, 0.3) is 5.91 Å². The SMILES string of the molecule is CCn1nc(-c2cccc(F)c2)cc1C(=O)N[C@@H](C)c1ccccc1. The molecule has 25 heavy (non-hydrogen) atoms. The molecule has 1 atom stereocenters. The third-order valence-electron chi connectivity index (χ3n) is 4.08. The van der Waals surface area contributed by atoms with Crippen LogP contribution in [0.3, 0.4) is 0 Å². The summed E-state index contributed by atoms with van der Waals surface area (Å²) >= 11 is 0. The Morgan fingerprint density at radius 3 is 2.60 bits per heavy atom. The molecule has 0 fully saturated rings. The zero-order valence-electron chi connectivity index (χ0n) is 14.2. The first-order valence-electron chi connectivity index (χ1n) is 8.28. The van der Waals surface area contributed by atoms with Gasteiger partial charge < -0.3 is 5.32 Å². The quantitative estimate of drug-likeness (QED) is 0.758. The zero-order chi connectivity index (χ0) is 17.8.